The van der Waals surface area contributed by atoms with Crippen LogP contribution in [0.2, 0.25) is 0 Å². The van der Waals surface area contributed by atoms with Gasteiger partial charge in [-0.1, -0.05) is 12.1 Å². The smallest absolute Gasteiger partial charge is 0.264 e. The molecule has 9 nitrogen and oxygen atoms in total. The third-order valence-corrected chi connectivity index (χ3v) is 8.21. The van der Waals surface area contributed by atoms with Crippen LogP contribution in [0.1, 0.15) is 6.42 Å². The highest BCUT2D eigenvalue weighted by Crippen LogP contribution is 2.31. The molecule has 3 aromatic rings. The minimum Gasteiger partial charge on any atom is -0.396 e. The summed E-state index contributed by atoms with van der Waals surface area (Å²) in [5, 5.41) is 10.1. The fourth-order valence-corrected chi connectivity index (χ4v) is 5.77. The minimum absolute atomic E-state index is 0.115. The molecule has 2 saturated heterocycles. The molecule has 174 valence electrons. The van der Waals surface area contributed by atoms with Crippen LogP contribution in [0.5, 0.6) is 0 Å². The zero-order valence-corrected chi connectivity index (χ0v) is 19.3. The number of aliphatic hydroxyl groups is 1. The number of pyridine rings is 1. The largest absolute Gasteiger partial charge is 0.396 e. The quantitative estimate of drug-likeness (QED) is 0.604. The first-order valence-corrected chi connectivity index (χ1v) is 12.9. The number of benzene rings is 1. The molecule has 2 aliphatic heterocycles. The van der Waals surface area contributed by atoms with E-state index in [4.69, 9.17) is 4.98 Å². The Hall–Kier alpha value is -2.98. The van der Waals surface area contributed by atoms with Crippen molar-refractivity contribution in [3.8, 4) is 11.3 Å². The summed E-state index contributed by atoms with van der Waals surface area (Å²) in [6.45, 7) is 2.48. The first kappa shape index (κ1) is 21.8. The minimum atomic E-state index is -2.93. The first-order chi connectivity index (χ1) is 15.8. The summed E-state index contributed by atoms with van der Waals surface area (Å²) in [6.07, 6.45) is 2.37. The van der Waals surface area contributed by atoms with Gasteiger partial charge in [-0.25, -0.2) is 18.4 Å². The number of aliphatic hydroxyl groups excluding tert-OH is 1. The van der Waals surface area contributed by atoms with E-state index in [1.165, 1.54) is 10.9 Å². The molecule has 2 aliphatic rings. The number of fused-ring (bicyclic) bond motifs is 1. The second-order valence-electron chi connectivity index (χ2n) is 8.85. The van der Waals surface area contributed by atoms with Gasteiger partial charge in [0, 0.05) is 57.0 Å². The van der Waals surface area contributed by atoms with E-state index in [2.05, 4.69) is 14.8 Å². The molecule has 0 bridgehead atoms. The van der Waals surface area contributed by atoms with E-state index in [1.807, 2.05) is 30.3 Å². The molecule has 33 heavy (non-hydrogen) atoms. The Labute approximate surface area is 192 Å². The SMILES string of the molecule is Cn1cnc2cc(-c3ccc(N4CCS(=O)(=O)CC4)cc3)nc(N3CCC(CO)C3)c2c1=O. The van der Waals surface area contributed by atoms with E-state index < -0.39 is 9.84 Å². The van der Waals surface area contributed by atoms with Crippen LogP contribution in [0.15, 0.2) is 41.5 Å². The molecule has 2 aromatic heterocycles. The average molecular weight is 470 g/mol. The summed E-state index contributed by atoms with van der Waals surface area (Å²) in [5.74, 6) is 1.13. The molecule has 0 radical (unpaired) electrons. The molecular formula is C23H27N5O4S. The molecule has 0 aliphatic carbocycles. The molecule has 1 atom stereocenters. The normalized spacial score (nSPS) is 20.5. The molecule has 0 saturated carbocycles. The highest BCUT2D eigenvalue weighted by Gasteiger charge is 2.26. The van der Waals surface area contributed by atoms with E-state index >= 15 is 0 Å². The van der Waals surface area contributed by atoms with Crippen molar-refractivity contribution in [3.05, 3.63) is 47.0 Å². The van der Waals surface area contributed by atoms with Gasteiger partial charge in [0.1, 0.15) is 11.2 Å². The Morgan fingerprint density at radius 1 is 1.09 bits per heavy atom. The second kappa shape index (κ2) is 8.42. The van der Waals surface area contributed by atoms with Gasteiger partial charge in [-0.15, -0.1) is 0 Å². The first-order valence-electron chi connectivity index (χ1n) is 11.1. The number of hydrogen-bond acceptors (Lipinski definition) is 8. The maximum atomic E-state index is 12.9. The van der Waals surface area contributed by atoms with E-state index in [0.29, 0.717) is 36.4 Å². The van der Waals surface area contributed by atoms with Crippen LogP contribution in [0.3, 0.4) is 0 Å². The number of hydrogen-bond donors (Lipinski definition) is 1. The lowest BCUT2D eigenvalue weighted by molar-refractivity contribution is 0.238. The van der Waals surface area contributed by atoms with Crippen LogP contribution < -0.4 is 15.4 Å². The van der Waals surface area contributed by atoms with Gasteiger partial charge in [-0.2, -0.15) is 0 Å². The van der Waals surface area contributed by atoms with Crippen molar-refractivity contribution in [3.63, 3.8) is 0 Å². The van der Waals surface area contributed by atoms with Gasteiger partial charge in [0.2, 0.25) is 0 Å². The highest BCUT2D eigenvalue weighted by molar-refractivity contribution is 7.91. The standard InChI is InChI=1S/C23H27N5O4S/c1-26-15-24-20-12-19(25-22(21(20)23(26)30)28-7-6-16(13-28)14-29)17-2-4-18(5-3-17)27-8-10-33(31,32)11-9-27/h2-5,12,15-16,29H,6-11,13-14H2,1H3. The van der Waals surface area contributed by atoms with Crippen LogP contribution in [0.4, 0.5) is 11.5 Å². The number of sulfone groups is 1. The highest BCUT2D eigenvalue weighted by atomic mass is 32.2. The summed E-state index contributed by atoms with van der Waals surface area (Å²) >= 11 is 0. The van der Waals surface area contributed by atoms with E-state index in [9.17, 15) is 18.3 Å². The van der Waals surface area contributed by atoms with Crippen molar-refractivity contribution >= 4 is 32.2 Å². The van der Waals surface area contributed by atoms with Gasteiger partial charge in [0.25, 0.3) is 5.56 Å². The van der Waals surface area contributed by atoms with Crippen molar-refractivity contribution in [2.24, 2.45) is 13.0 Å². The van der Waals surface area contributed by atoms with E-state index in [1.54, 1.807) is 7.05 Å². The van der Waals surface area contributed by atoms with Crippen molar-refractivity contribution in [1.29, 1.82) is 0 Å². The van der Waals surface area contributed by atoms with Gasteiger partial charge in [-0.05, 0) is 24.6 Å². The molecule has 1 N–H and O–H groups in total. The molecular weight excluding hydrogens is 442 g/mol. The number of aryl methyl sites for hydroxylation is 1. The van der Waals surface area contributed by atoms with E-state index in [-0.39, 0.29) is 29.6 Å². The summed E-state index contributed by atoms with van der Waals surface area (Å²) in [6, 6.07) is 9.74. The molecule has 1 unspecified atom stereocenters. The monoisotopic (exact) mass is 469 g/mol. The van der Waals surface area contributed by atoms with Crippen LogP contribution in [0.25, 0.3) is 22.2 Å². The molecule has 2 fully saturated rings. The Bertz CT molecular complexity index is 1340. The van der Waals surface area contributed by atoms with Crippen LogP contribution in [0, 0.1) is 5.92 Å². The molecule has 1 aromatic carbocycles. The Morgan fingerprint density at radius 3 is 2.48 bits per heavy atom. The van der Waals surface area contributed by atoms with Crippen molar-refractivity contribution < 1.29 is 13.5 Å². The fraction of sp³-hybridized carbons (Fsp3) is 0.435. The Kier molecular flexibility index (Phi) is 5.57. The second-order valence-corrected chi connectivity index (χ2v) is 11.2. The molecule has 5 rings (SSSR count). The number of aromatic nitrogens is 3. The Balaban J connectivity index is 1.52. The summed E-state index contributed by atoms with van der Waals surface area (Å²) < 4.78 is 24.9. The fourth-order valence-electron chi connectivity index (χ4n) is 4.57. The van der Waals surface area contributed by atoms with Crippen molar-refractivity contribution in [2.75, 3.05) is 54.1 Å². The van der Waals surface area contributed by atoms with Crippen LogP contribution in [-0.2, 0) is 16.9 Å². The van der Waals surface area contributed by atoms with Gasteiger partial charge < -0.3 is 19.5 Å². The summed E-state index contributed by atoms with van der Waals surface area (Å²) in [5.41, 5.74) is 3.05. The third kappa shape index (κ3) is 4.20. The third-order valence-electron chi connectivity index (χ3n) is 6.60. The van der Waals surface area contributed by atoms with Gasteiger partial charge in [-0.3, -0.25) is 4.79 Å². The van der Waals surface area contributed by atoms with Crippen LogP contribution in [-0.4, -0.2) is 72.4 Å². The zero-order chi connectivity index (χ0) is 23.2. The predicted octanol–water partition coefficient (Wildman–Crippen LogP) is 1.05. The van der Waals surface area contributed by atoms with Crippen LogP contribution >= 0.6 is 0 Å². The molecule has 4 heterocycles. The molecule has 0 amide bonds. The number of nitrogens with zero attached hydrogens (tertiary/aromatic N) is 5. The zero-order valence-electron chi connectivity index (χ0n) is 18.5. The molecule has 10 heteroatoms. The lowest BCUT2D eigenvalue weighted by Gasteiger charge is -2.28. The lowest BCUT2D eigenvalue weighted by Crippen LogP contribution is -2.40. The lowest BCUT2D eigenvalue weighted by atomic mass is 10.1. The number of anilines is 2. The Morgan fingerprint density at radius 2 is 1.82 bits per heavy atom. The van der Waals surface area contributed by atoms with Crippen molar-refractivity contribution in [2.45, 2.75) is 6.42 Å². The van der Waals surface area contributed by atoms with Crippen molar-refractivity contribution in [1.82, 2.24) is 14.5 Å². The summed E-state index contributed by atoms with van der Waals surface area (Å²) in [4.78, 5) is 26.4. The van der Waals surface area contributed by atoms with Gasteiger partial charge >= 0.3 is 0 Å². The average Bonchev–Trinajstić information content (AvgIpc) is 3.30. The maximum absolute atomic E-state index is 12.9. The summed E-state index contributed by atoms with van der Waals surface area (Å²) in [7, 11) is -1.25. The topological polar surface area (TPSA) is 109 Å². The van der Waals surface area contributed by atoms with E-state index in [0.717, 1.165) is 29.9 Å². The van der Waals surface area contributed by atoms with Gasteiger partial charge in [0.05, 0.1) is 29.0 Å². The van der Waals surface area contributed by atoms with Gasteiger partial charge in [0.15, 0.2) is 9.84 Å². The predicted molar refractivity (Wildman–Crippen MR) is 128 cm³/mol. The maximum Gasteiger partial charge on any atom is 0.264 e. The number of rotatable bonds is 4. The molecule has 0 spiro atoms.